The molecule has 0 aliphatic rings. The van der Waals surface area contributed by atoms with Crippen LogP contribution >= 0.6 is 0 Å². The van der Waals surface area contributed by atoms with Gasteiger partial charge < -0.3 is 9.64 Å². The van der Waals surface area contributed by atoms with Crippen LogP contribution in [0.25, 0.3) is 0 Å². The van der Waals surface area contributed by atoms with Crippen molar-refractivity contribution in [1.29, 1.82) is 0 Å². The Kier molecular flexibility index (Phi) is 5.59. The highest BCUT2D eigenvalue weighted by molar-refractivity contribution is 5.77. The number of benzene rings is 2. The molecule has 0 saturated heterocycles. The number of amides is 1. The lowest BCUT2D eigenvalue weighted by Gasteiger charge is -2.17. The summed E-state index contributed by atoms with van der Waals surface area (Å²) in [6, 6.07) is 17.8. The maximum atomic E-state index is 12.1. The third kappa shape index (κ3) is 4.62. The number of carbonyl (C=O) groups is 1. The third-order valence-electron chi connectivity index (χ3n) is 3.60. The van der Waals surface area contributed by atoms with Crippen molar-refractivity contribution in [2.24, 2.45) is 0 Å². The van der Waals surface area contributed by atoms with Gasteiger partial charge in [0.15, 0.2) is 6.61 Å². The van der Waals surface area contributed by atoms with Crippen LogP contribution in [0.1, 0.15) is 30.9 Å². The van der Waals surface area contributed by atoms with Crippen molar-refractivity contribution in [3.8, 4) is 5.75 Å². The van der Waals surface area contributed by atoms with Gasteiger partial charge in [0.05, 0.1) is 0 Å². The first-order valence-corrected chi connectivity index (χ1v) is 7.57. The fourth-order valence-electron chi connectivity index (χ4n) is 2.15. The Bertz CT molecular complexity index is 591. The molecule has 3 heteroatoms. The van der Waals surface area contributed by atoms with E-state index in [1.54, 1.807) is 11.9 Å². The molecular formula is C19H23NO2. The van der Waals surface area contributed by atoms with Gasteiger partial charge in [-0.2, -0.15) is 0 Å². The van der Waals surface area contributed by atoms with Gasteiger partial charge in [-0.25, -0.2) is 0 Å². The van der Waals surface area contributed by atoms with Crippen LogP contribution in [0, 0.1) is 0 Å². The first kappa shape index (κ1) is 16.1. The van der Waals surface area contributed by atoms with E-state index in [-0.39, 0.29) is 12.5 Å². The Morgan fingerprint density at radius 3 is 2.27 bits per heavy atom. The SMILES string of the molecule is CC(C)c1ccc(OCC(=O)N(C)Cc2ccccc2)cc1. The van der Waals surface area contributed by atoms with E-state index in [1.807, 2.05) is 54.6 Å². The summed E-state index contributed by atoms with van der Waals surface area (Å²) in [4.78, 5) is 13.8. The molecule has 2 aromatic rings. The van der Waals surface area contributed by atoms with Gasteiger partial charge in [0.2, 0.25) is 0 Å². The third-order valence-corrected chi connectivity index (χ3v) is 3.60. The number of hydrogen-bond acceptors (Lipinski definition) is 2. The molecule has 22 heavy (non-hydrogen) atoms. The van der Waals surface area contributed by atoms with Gasteiger partial charge in [0, 0.05) is 13.6 Å². The van der Waals surface area contributed by atoms with Crippen molar-refractivity contribution in [1.82, 2.24) is 4.90 Å². The van der Waals surface area contributed by atoms with E-state index >= 15 is 0 Å². The molecular weight excluding hydrogens is 274 g/mol. The van der Waals surface area contributed by atoms with Crippen LogP contribution in [-0.2, 0) is 11.3 Å². The molecule has 0 atom stereocenters. The largest absolute Gasteiger partial charge is 0.484 e. The molecule has 2 aromatic carbocycles. The predicted molar refractivity (Wildman–Crippen MR) is 88.9 cm³/mol. The minimum atomic E-state index is -0.0308. The Hall–Kier alpha value is -2.29. The van der Waals surface area contributed by atoms with Crippen LogP contribution in [-0.4, -0.2) is 24.5 Å². The first-order valence-electron chi connectivity index (χ1n) is 7.57. The molecule has 0 aromatic heterocycles. The monoisotopic (exact) mass is 297 g/mol. The van der Waals surface area contributed by atoms with E-state index < -0.39 is 0 Å². The molecule has 0 N–H and O–H groups in total. The quantitative estimate of drug-likeness (QED) is 0.810. The van der Waals surface area contributed by atoms with Crippen molar-refractivity contribution in [3.63, 3.8) is 0 Å². The molecule has 0 aliphatic carbocycles. The van der Waals surface area contributed by atoms with Gasteiger partial charge in [0.1, 0.15) is 5.75 Å². The maximum absolute atomic E-state index is 12.1. The first-order chi connectivity index (χ1) is 10.6. The van der Waals surface area contributed by atoms with Crippen LogP contribution in [0.15, 0.2) is 54.6 Å². The summed E-state index contributed by atoms with van der Waals surface area (Å²) in [7, 11) is 1.79. The van der Waals surface area contributed by atoms with E-state index in [9.17, 15) is 4.79 Å². The van der Waals surface area contributed by atoms with Crippen molar-refractivity contribution in [2.75, 3.05) is 13.7 Å². The van der Waals surface area contributed by atoms with Crippen LogP contribution < -0.4 is 4.74 Å². The molecule has 0 unspecified atom stereocenters. The summed E-state index contributed by atoms with van der Waals surface area (Å²) in [6.07, 6.45) is 0. The highest BCUT2D eigenvalue weighted by Gasteiger charge is 2.10. The number of rotatable bonds is 6. The van der Waals surface area contributed by atoms with Gasteiger partial charge in [0.25, 0.3) is 5.91 Å². The van der Waals surface area contributed by atoms with E-state index in [0.717, 1.165) is 11.3 Å². The van der Waals surface area contributed by atoms with Gasteiger partial charge >= 0.3 is 0 Å². The van der Waals surface area contributed by atoms with E-state index in [2.05, 4.69) is 13.8 Å². The van der Waals surface area contributed by atoms with Crippen molar-refractivity contribution < 1.29 is 9.53 Å². The fourth-order valence-corrected chi connectivity index (χ4v) is 2.15. The molecule has 0 radical (unpaired) electrons. The van der Waals surface area contributed by atoms with Crippen molar-refractivity contribution in [2.45, 2.75) is 26.3 Å². The second-order valence-electron chi connectivity index (χ2n) is 5.75. The normalized spacial score (nSPS) is 10.5. The summed E-state index contributed by atoms with van der Waals surface area (Å²) in [5.74, 6) is 1.19. The number of likely N-dealkylation sites (N-methyl/N-ethyl adjacent to an activating group) is 1. The van der Waals surface area contributed by atoms with Gasteiger partial charge in [-0.1, -0.05) is 56.3 Å². The molecule has 0 aliphatic heterocycles. The number of ether oxygens (including phenoxy) is 1. The molecule has 0 saturated carbocycles. The summed E-state index contributed by atoms with van der Waals surface area (Å²) >= 11 is 0. The molecule has 1 amide bonds. The maximum Gasteiger partial charge on any atom is 0.260 e. The zero-order chi connectivity index (χ0) is 15.9. The fraction of sp³-hybridized carbons (Fsp3) is 0.316. The summed E-state index contributed by atoms with van der Waals surface area (Å²) in [6.45, 7) is 4.95. The summed E-state index contributed by atoms with van der Waals surface area (Å²) in [5.41, 5.74) is 2.37. The van der Waals surface area contributed by atoms with Crippen LogP contribution in [0.3, 0.4) is 0 Å². The predicted octanol–water partition coefficient (Wildman–Crippen LogP) is 3.85. The lowest BCUT2D eigenvalue weighted by molar-refractivity contribution is -0.132. The van der Waals surface area contributed by atoms with E-state index in [1.165, 1.54) is 5.56 Å². The molecule has 0 heterocycles. The molecule has 116 valence electrons. The van der Waals surface area contributed by atoms with E-state index in [4.69, 9.17) is 4.74 Å². The average Bonchev–Trinajstić information content (AvgIpc) is 2.53. The van der Waals surface area contributed by atoms with Crippen LogP contribution in [0.5, 0.6) is 5.75 Å². The number of nitrogens with zero attached hydrogens (tertiary/aromatic N) is 1. The number of carbonyl (C=O) groups excluding carboxylic acids is 1. The van der Waals surface area contributed by atoms with Gasteiger partial charge in [-0.05, 0) is 29.2 Å². The van der Waals surface area contributed by atoms with Crippen LogP contribution in [0.2, 0.25) is 0 Å². The Balaban J connectivity index is 1.84. The zero-order valence-electron chi connectivity index (χ0n) is 13.5. The minimum Gasteiger partial charge on any atom is -0.484 e. The summed E-state index contributed by atoms with van der Waals surface area (Å²) in [5, 5.41) is 0. The number of hydrogen-bond donors (Lipinski definition) is 0. The second-order valence-corrected chi connectivity index (χ2v) is 5.75. The highest BCUT2D eigenvalue weighted by atomic mass is 16.5. The Morgan fingerprint density at radius 1 is 1.05 bits per heavy atom. The second kappa shape index (κ2) is 7.64. The topological polar surface area (TPSA) is 29.5 Å². The zero-order valence-corrected chi connectivity index (χ0v) is 13.5. The van der Waals surface area contributed by atoms with Crippen LogP contribution in [0.4, 0.5) is 0 Å². The van der Waals surface area contributed by atoms with Crippen molar-refractivity contribution >= 4 is 5.91 Å². The average molecular weight is 297 g/mol. The Morgan fingerprint density at radius 2 is 1.68 bits per heavy atom. The van der Waals surface area contributed by atoms with E-state index in [0.29, 0.717) is 12.5 Å². The van der Waals surface area contributed by atoms with Gasteiger partial charge in [-0.3, -0.25) is 4.79 Å². The summed E-state index contributed by atoms with van der Waals surface area (Å²) < 4.78 is 5.57. The standard InChI is InChI=1S/C19H23NO2/c1-15(2)17-9-11-18(12-10-17)22-14-19(21)20(3)13-16-7-5-4-6-8-16/h4-12,15H,13-14H2,1-3H3. The minimum absolute atomic E-state index is 0.0308. The molecule has 2 rings (SSSR count). The molecule has 0 bridgehead atoms. The Labute approximate surface area is 132 Å². The van der Waals surface area contributed by atoms with Crippen molar-refractivity contribution in [3.05, 3.63) is 65.7 Å². The molecule has 3 nitrogen and oxygen atoms in total. The highest BCUT2D eigenvalue weighted by Crippen LogP contribution is 2.18. The lowest BCUT2D eigenvalue weighted by Crippen LogP contribution is -2.30. The van der Waals surface area contributed by atoms with Gasteiger partial charge in [-0.15, -0.1) is 0 Å². The smallest absolute Gasteiger partial charge is 0.260 e. The molecule has 0 spiro atoms. The molecule has 0 fully saturated rings. The lowest BCUT2D eigenvalue weighted by atomic mass is 10.0.